The summed E-state index contributed by atoms with van der Waals surface area (Å²) in [5, 5.41) is 0. The van der Waals surface area contributed by atoms with E-state index in [0.29, 0.717) is 31.7 Å². The summed E-state index contributed by atoms with van der Waals surface area (Å²) in [6.07, 6.45) is 0. The zero-order chi connectivity index (χ0) is 19.3. The summed E-state index contributed by atoms with van der Waals surface area (Å²) in [5.74, 6) is -0.291. The normalized spacial score (nSPS) is 14.9. The van der Waals surface area contributed by atoms with Gasteiger partial charge >= 0.3 is 0 Å². The second kappa shape index (κ2) is 8.41. The molecule has 7 heteroatoms. The standard InChI is InChI=1S/C21H20FN3O3/c22-17-4-2-16(3-5-17)21-20(12-25-7-9-27-10-8-25)23-18-6-1-15(13-28-14-26)11-19(18)24-21/h1-6,11,14H,7-10,12-13H2. The molecule has 2 heterocycles. The molecule has 3 aromatic rings. The van der Waals surface area contributed by atoms with Gasteiger partial charge in [0.25, 0.3) is 6.47 Å². The van der Waals surface area contributed by atoms with Gasteiger partial charge in [-0.15, -0.1) is 0 Å². The number of carbonyl (C=O) groups is 1. The van der Waals surface area contributed by atoms with Crippen LogP contribution in [-0.2, 0) is 27.4 Å². The van der Waals surface area contributed by atoms with E-state index in [1.165, 1.54) is 12.1 Å². The second-order valence-electron chi connectivity index (χ2n) is 6.64. The number of carbonyl (C=O) groups excluding carboxylic acids is 1. The quantitative estimate of drug-likeness (QED) is 0.612. The lowest BCUT2D eigenvalue weighted by molar-refractivity contribution is -0.129. The molecule has 1 aliphatic heterocycles. The summed E-state index contributed by atoms with van der Waals surface area (Å²) >= 11 is 0. The van der Waals surface area contributed by atoms with E-state index in [9.17, 15) is 9.18 Å². The third-order valence-corrected chi connectivity index (χ3v) is 4.71. The number of nitrogens with zero attached hydrogens (tertiary/aromatic N) is 3. The topological polar surface area (TPSA) is 64.5 Å². The summed E-state index contributed by atoms with van der Waals surface area (Å²) in [6, 6.07) is 11.9. The van der Waals surface area contributed by atoms with Crippen LogP contribution < -0.4 is 0 Å². The molecule has 0 radical (unpaired) electrons. The molecule has 1 fully saturated rings. The van der Waals surface area contributed by atoms with Crippen molar-refractivity contribution < 1.29 is 18.7 Å². The summed E-state index contributed by atoms with van der Waals surface area (Å²) in [5.41, 5.74) is 4.69. The lowest BCUT2D eigenvalue weighted by Gasteiger charge is -2.26. The van der Waals surface area contributed by atoms with E-state index in [0.717, 1.165) is 41.1 Å². The molecule has 0 unspecified atom stereocenters. The van der Waals surface area contributed by atoms with Gasteiger partial charge < -0.3 is 9.47 Å². The minimum Gasteiger partial charge on any atom is -0.463 e. The molecule has 1 aliphatic rings. The molecule has 0 spiro atoms. The van der Waals surface area contributed by atoms with E-state index in [1.807, 2.05) is 18.2 Å². The third kappa shape index (κ3) is 4.16. The van der Waals surface area contributed by atoms with E-state index < -0.39 is 0 Å². The van der Waals surface area contributed by atoms with Crippen LogP contribution >= 0.6 is 0 Å². The SMILES string of the molecule is O=COCc1ccc2nc(CN3CCOCC3)c(-c3ccc(F)cc3)nc2c1. The molecule has 6 nitrogen and oxygen atoms in total. The zero-order valence-electron chi connectivity index (χ0n) is 15.3. The van der Waals surface area contributed by atoms with Crippen molar-refractivity contribution in [3.05, 3.63) is 59.5 Å². The Labute approximate surface area is 161 Å². The van der Waals surface area contributed by atoms with Crippen molar-refractivity contribution in [2.75, 3.05) is 26.3 Å². The van der Waals surface area contributed by atoms with Crippen LogP contribution in [0.15, 0.2) is 42.5 Å². The Morgan fingerprint density at radius 2 is 1.86 bits per heavy atom. The molecule has 144 valence electrons. The molecule has 0 N–H and O–H groups in total. The summed E-state index contributed by atoms with van der Waals surface area (Å²) in [7, 11) is 0. The number of benzene rings is 2. The second-order valence-corrected chi connectivity index (χ2v) is 6.64. The highest BCUT2D eigenvalue weighted by atomic mass is 19.1. The van der Waals surface area contributed by atoms with Crippen LogP contribution in [-0.4, -0.2) is 47.6 Å². The number of halogens is 1. The minimum absolute atomic E-state index is 0.183. The van der Waals surface area contributed by atoms with Gasteiger partial charge in [-0.3, -0.25) is 9.69 Å². The first-order chi connectivity index (χ1) is 13.7. The number of ether oxygens (including phenoxy) is 2. The number of hydrogen-bond donors (Lipinski definition) is 0. The van der Waals surface area contributed by atoms with E-state index >= 15 is 0 Å². The first kappa shape index (κ1) is 18.5. The van der Waals surface area contributed by atoms with Crippen LogP contribution in [0.3, 0.4) is 0 Å². The predicted octanol–water partition coefficient (Wildman–Crippen LogP) is 2.94. The third-order valence-electron chi connectivity index (χ3n) is 4.71. The van der Waals surface area contributed by atoms with Crippen LogP contribution in [0.2, 0.25) is 0 Å². The molecule has 28 heavy (non-hydrogen) atoms. The molecule has 0 amide bonds. The zero-order valence-corrected chi connectivity index (χ0v) is 15.3. The molecule has 0 aliphatic carbocycles. The Balaban J connectivity index is 1.76. The fraction of sp³-hybridized carbons (Fsp3) is 0.286. The fourth-order valence-corrected chi connectivity index (χ4v) is 3.28. The lowest BCUT2D eigenvalue weighted by Crippen LogP contribution is -2.36. The van der Waals surface area contributed by atoms with Crippen molar-refractivity contribution in [3.63, 3.8) is 0 Å². The number of aromatic nitrogens is 2. The van der Waals surface area contributed by atoms with Gasteiger partial charge in [-0.05, 0) is 42.0 Å². The van der Waals surface area contributed by atoms with E-state index in [4.69, 9.17) is 19.4 Å². The smallest absolute Gasteiger partial charge is 0.293 e. The molecular weight excluding hydrogens is 361 g/mol. The minimum atomic E-state index is -0.291. The lowest BCUT2D eigenvalue weighted by atomic mass is 10.1. The Hall–Kier alpha value is -2.90. The van der Waals surface area contributed by atoms with Crippen LogP contribution in [0.4, 0.5) is 4.39 Å². The Morgan fingerprint density at radius 3 is 2.61 bits per heavy atom. The Bertz CT molecular complexity index is 973. The summed E-state index contributed by atoms with van der Waals surface area (Å²) in [6.45, 7) is 4.33. The number of hydrogen-bond acceptors (Lipinski definition) is 6. The van der Waals surface area contributed by atoms with Crippen LogP contribution in [0.1, 0.15) is 11.3 Å². The molecule has 4 rings (SSSR count). The van der Waals surface area contributed by atoms with Crippen molar-refractivity contribution in [1.82, 2.24) is 14.9 Å². The highest BCUT2D eigenvalue weighted by Gasteiger charge is 2.17. The maximum absolute atomic E-state index is 13.4. The van der Waals surface area contributed by atoms with E-state index in [-0.39, 0.29) is 12.4 Å². The highest BCUT2D eigenvalue weighted by Crippen LogP contribution is 2.26. The molecule has 0 atom stereocenters. The Morgan fingerprint density at radius 1 is 1.07 bits per heavy atom. The maximum Gasteiger partial charge on any atom is 0.293 e. The molecular formula is C21H20FN3O3. The van der Waals surface area contributed by atoms with Crippen molar-refractivity contribution in [3.8, 4) is 11.3 Å². The summed E-state index contributed by atoms with van der Waals surface area (Å²) in [4.78, 5) is 22.4. The van der Waals surface area contributed by atoms with Crippen molar-refractivity contribution >= 4 is 17.5 Å². The Kier molecular flexibility index (Phi) is 5.55. The van der Waals surface area contributed by atoms with Crippen molar-refractivity contribution in [1.29, 1.82) is 0 Å². The number of rotatable bonds is 6. The van der Waals surface area contributed by atoms with E-state index in [1.54, 1.807) is 12.1 Å². The van der Waals surface area contributed by atoms with Gasteiger partial charge in [0.2, 0.25) is 0 Å². The van der Waals surface area contributed by atoms with Gasteiger partial charge in [0.1, 0.15) is 12.4 Å². The molecule has 1 aromatic heterocycles. The van der Waals surface area contributed by atoms with Gasteiger partial charge in [0, 0.05) is 25.2 Å². The van der Waals surface area contributed by atoms with Gasteiger partial charge in [-0.1, -0.05) is 6.07 Å². The monoisotopic (exact) mass is 381 g/mol. The molecule has 0 bridgehead atoms. The fourth-order valence-electron chi connectivity index (χ4n) is 3.28. The predicted molar refractivity (Wildman–Crippen MR) is 102 cm³/mol. The summed E-state index contributed by atoms with van der Waals surface area (Å²) < 4.78 is 23.7. The van der Waals surface area contributed by atoms with Crippen LogP contribution in [0.5, 0.6) is 0 Å². The first-order valence-corrected chi connectivity index (χ1v) is 9.14. The molecule has 1 saturated heterocycles. The maximum atomic E-state index is 13.4. The molecule has 0 saturated carbocycles. The average molecular weight is 381 g/mol. The average Bonchev–Trinajstić information content (AvgIpc) is 2.73. The highest BCUT2D eigenvalue weighted by molar-refractivity contribution is 5.79. The van der Waals surface area contributed by atoms with Gasteiger partial charge in [-0.2, -0.15) is 0 Å². The largest absolute Gasteiger partial charge is 0.463 e. The van der Waals surface area contributed by atoms with Gasteiger partial charge in [0.05, 0.1) is 35.6 Å². The number of fused-ring (bicyclic) bond motifs is 1. The van der Waals surface area contributed by atoms with Gasteiger partial charge in [0.15, 0.2) is 0 Å². The van der Waals surface area contributed by atoms with Crippen LogP contribution in [0.25, 0.3) is 22.3 Å². The van der Waals surface area contributed by atoms with E-state index in [2.05, 4.69) is 4.90 Å². The van der Waals surface area contributed by atoms with Crippen molar-refractivity contribution in [2.24, 2.45) is 0 Å². The molecule has 2 aromatic carbocycles. The van der Waals surface area contributed by atoms with Crippen LogP contribution in [0, 0.1) is 5.82 Å². The van der Waals surface area contributed by atoms with Crippen molar-refractivity contribution in [2.45, 2.75) is 13.2 Å². The first-order valence-electron chi connectivity index (χ1n) is 9.14. The number of morpholine rings is 1. The van der Waals surface area contributed by atoms with Gasteiger partial charge in [-0.25, -0.2) is 14.4 Å².